The average Bonchev–Trinajstić information content (AvgIpc) is 3.20. The molecule has 0 bridgehead atoms. The van der Waals surface area contributed by atoms with Gasteiger partial charge in [-0.05, 0) is 37.5 Å². The van der Waals surface area contributed by atoms with E-state index in [-0.39, 0.29) is 28.0 Å². The third kappa shape index (κ3) is 5.30. The van der Waals surface area contributed by atoms with E-state index in [0.29, 0.717) is 12.6 Å². The molecule has 1 aromatic carbocycles. The first-order valence-corrected chi connectivity index (χ1v) is 9.54. The number of hydrogen-bond acceptors (Lipinski definition) is 4. The van der Waals surface area contributed by atoms with Gasteiger partial charge in [0.15, 0.2) is 5.89 Å². The van der Waals surface area contributed by atoms with Crippen LogP contribution in [0.4, 0.5) is 4.39 Å². The van der Waals surface area contributed by atoms with Crippen molar-refractivity contribution in [2.75, 3.05) is 0 Å². The van der Waals surface area contributed by atoms with Crippen LogP contribution in [0.15, 0.2) is 28.9 Å². The minimum atomic E-state index is -0.513. The van der Waals surface area contributed by atoms with Gasteiger partial charge in [-0.3, -0.25) is 4.79 Å². The van der Waals surface area contributed by atoms with E-state index < -0.39 is 5.82 Å². The Morgan fingerprint density at radius 3 is 2.70 bits per heavy atom. The maximum Gasteiger partial charge on any atom is 0.251 e. The summed E-state index contributed by atoms with van der Waals surface area (Å²) < 4.78 is 18.9. The third-order valence-electron chi connectivity index (χ3n) is 4.66. The predicted octanol–water partition coefficient (Wildman–Crippen LogP) is 4.21. The molecule has 7 heteroatoms. The van der Waals surface area contributed by atoms with Gasteiger partial charge in [0, 0.05) is 34.6 Å². The zero-order valence-corrected chi connectivity index (χ0v) is 16.6. The van der Waals surface area contributed by atoms with Gasteiger partial charge in [-0.2, -0.15) is 0 Å². The third-order valence-corrected chi connectivity index (χ3v) is 4.88. The minimum Gasteiger partial charge on any atom is -0.448 e. The molecule has 27 heavy (non-hydrogen) atoms. The van der Waals surface area contributed by atoms with E-state index in [0.717, 1.165) is 30.8 Å². The molecule has 0 spiro atoms. The topological polar surface area (TPSA) is 67.2 Å². The molecular weight excluding hydrogens is 369 g/mol. The van der Waals surface area contributed by atoms with Crippen LogP contribution in [0, 0.1) is 5.82 Å². The molecule has 0 saturated heterocycles. The Balaban J connectivity index is 1.48. The molecule has 1 amide bonds. The number of nitrogens with zero attached hydrogens (tertiary/aromatic N) is 1. The Morgan fingerprint density at radius 2 is 2.04 bits per heavy atom. The van der Waals surface area contributed by atoms with Crippen molar-refractivity contribution in [2.45, 2.75) is 64.1 Å². The van der Waals surface area contributed by atoms with E-state index in [4.69, 9.17) is 16.0 Å². The number of nitrogens with one attached hydrogen (secondary N) is 2. The minimum absolute atomic E-state index is 0.0551. The van der Waals surface area contributed by atoms with Crippen molar-refractivity contribution < 1.29 is 13.6 Å². The summed E-state index contributed by atoms with van der Waals surface area (Å²) >= 11 is 5.82. The fourth-order valence-corrected chi connectivity index (χ4v) is 3.45. The van der Waals surface area contributed by atoms with Crippen molar-refractivity contribution in [3.8, 4) is 0 Å². The van der Waals surface area contributed by atoms with Crippen molar-refractivity contribution >= 4 is 17.5 Å². The summed E-state index contributed by atoms with van der Waals surface area (Å²) in [7, 11) is 0. The van der Waals surface area contributed by atoms with Crippen LogP contribution in [0.5, 0.6) is 0 Å². The Morgan fingerprint density at radius 1 is 1.30 bits per heavy atom. The van der Waals surface area contributed by atoms with Gasteiger partial charge in [-0.1, -0.05) is 32.4 Å². The zero-order valence-electron chi connectivity index (χ0n) is 15.8. The number of benzene rings is 1. The van der Waals surface area contributed by atoms with Crippen molar-refractivity contribution in [3.05, 3.63) is 52.5 Å². The van der Waals surface area contributed by atoms with Crippen molar-refractivity contribution in [2.24, 2.45) is 0 Å². The van der Waals surface area contributed by atoms with E-state index >= 15 is 0 Å². The maximum absolute atomic E-state index is 13.4. The van der Waals surface area contributed by atoms with Gasteiger partial charge >= 0.3 is 0 Å². The van der Waals surface area contributed by atoms with Crippen molar-refractivity contribution in [3.63, 3.8) is 0 Å². The van der Waals surface area contributed by atoms with Gasteiger partial charge in [0.05, 0.1) is 5.69 Å². The summed E-state index contributed by atoms with van der Waals surface area (Å²) in [6.45, 7) is 6.81. The molecular formula is C20H25ClFN3O2. The van der Waals surface area contributed by atoms with Crippen molar-refractivity contribution in [1.82, 2.24) is 15.6 Å². The van der Waals surface area contributed by atoms with Crippen LogP contribution in [0.3, 0.4) is 0 Å². The SMILES string of the molecule is CC(C)(C)c1nc(CN[C@@H]2CC[C@@H](NC(=O)c3cc(F)cc(Cl)c3)C2)co1. The van der Waals surface area contributed by atoms with Gasteiger partial charge in [-0.15, -0.1) is 0 Å². The predicted molar refractivity (Wildman–Crippen MR) is 102 cm³/mol. The van der Waals surface area contributed by atoms with Crippen LogP contribution >= 0.6 is 11.6 Å². The summed E-state index contributed by atoms with van der Waals surface area (Å²) in [6, 6.07) is 4.20. The Hall–Kier alpha value is -1.92. The van der Waals surface area contributed by atoms with E-state index in [1.807, 2.05) is 0 Å². The van der Waals surface area contributed by atoms with Crippen molar-refractivity contribution in [1.29, 1.82) is 0 Å². The fourth-order valence-electron chi connectivity index (χ4n) is 3.23. The lowest BCUT2D eigenvalue weighted by Crippen LogP contribution is -2.35. The lowest BCUT2D eigenvalue weighted by Gasteiger charge is -2.14. The monoisotopic (exact) mass is 393 g/mol. The number of halogens is 2. The van der Waals surface area contributed by atoms with Crippen LogP contribution in [0.25, 0.3) is 0 Å². The molecule has 0 aliphatic heterocycles. The second kappa shape index (κ2) is 7.98. The number of hydrogen-bond donors (Lipinski definition) is 2. The second-order valence-corrected chi connectivity index (χ2v) is 8.55. The maximum atomic E-state index is 13.4. The number of aromatic nitrogens is 1. The lowest BCUT2D eigenvalue weighted by atomic mass is 9.97. The number of carbonyl (C=O) groups is 1. The van der Waals surface area contributed by atoms with Gasteiger partial charge in [-0.25, -0.2) is 9.37 Å². The summed E-state index contributed by atoms with van der Waals surface area (Å²) in [5.74, 6) is -0.0844. The smallest absolute Gasteiger partial charge is 0.251 e. The molecule has 5 nitrogen and oxygen atoms in total. The number of oxazole rings is 1. The Kier molecular flexibility index (Phi) is 5.86. The zero-order chi connectivity index (χ0) is 19.6. The Bertz CT molecular complexity index is 796. The van der Waals surface area contributed by atoms with Crippen LogP contribution in [-0.4, -0.2) is 23.0 Å². The number of rotatable bonds is 5. The van der Waals surface area contributed by atoms with Crippen LogP contribution < -0.4 is 10.6 Å². The molecule has 2 atom stereocenters. The summed E-state index contributed by atoms with van der Waals surface area (Å²) in [6.07, 6.45) is 4.34. The van der Waals surface area contributed by atoms with Gasteiger partial charge in [0.1, 0.15) is 12.1 Å². The van der Waals surface area contributed by atoms with E-state index in [1.165, 1.54) is 18.2 Å². The summed E-state index contributed by atoms with van der Waals surface area (Å²) in [5, 5.41) is 6.65. The van der Waals surface area contributed by atoms with Gasteiger partial charge < -0.3 is 15.1 Å². The van der Waals surface area contributed by atoms with Gasteiger partial charge in [0.2, 0.25) is 0 Å². The van der Waals surface area contributed by atoms with Crippen LogP contribution in [0.1, 0.15) is 62.0 Å². The molecule has 0 unspecified atom stereocenters. The highest BCUT2D eigenvalue weighted by Gasteiger charge is 2.27. The first-order chi connectivity index (χ1) is 12.7. The summed E-state index contributed by atoms with van der Waals surface area (Å²) in [4.78, 5) is 16.8. The van der Waals surface area contributed by atoms with E-state index in [1.54, 1.807) is 6.26 Å². The van der Waals surface area contributed by atoms with E-state index in [2.05, 4.69) is 36.4 Å². The van der Waals surface area contributed by atoms with E-state index in [9.17, 15) is 9.18 Å². The average molecular weight is 394 g/mol. The molecule has 1 heterocycles. The molecule has 1 fully saturated rings. The molecule has 2 N–H and O–H groups in total. The number of carbonyl (C=O) groups excluding carboxylic acids is 1. The van der Waals surface area contributed by atoms with Crippen LogP contribution in [0.2, 0.25) is 5.02 Å². The molecule has 1 aromatic heterocycles. The highest BCUT2D eigenvalue weighted by molar-refractivity contribution is 6.31. The highest BCUT2D eigenvalue weighted by atomic mass is 35.5. The number of amides is 1. The summed E-state index contributed by atoms with van der Waals surface area (Å²) in [5.41, 5.74) is 1.01. The second-order valence-electron chi connectivity index (χ2n) is 8.11. The van der Waals surface area contributed by atoms with Crippen LogP contribution in [-0.2, 0) is 12.0 Å². The molecule has 2 aromatic rings. The molecule has 1 aliphatic carbocycles. The first kappa shape index (κ1) is 19.8. The molecule has 3 rings (SSSR count). The molecule has 1 aliphatic rings. The molecule has 1 saturated carbocycles. The largest absolute Gasteiger partial charge is 0.448 e. The molecule has 0 radical (unpaired) electrons. The Labute approximate surface area is 163 Å². The highest BCUT2D eigenvalue weighted by Crippen LogP contribution is 2.23. The normalized spacial score (nSPS) is 20.0. The first-order valence-electron chi connectivity index (χ1n) is 9.16. The fraction of sp³-hybridized carbons (Fsp3) is 0.500. The lowest BCUT2D eigenvalue weighted by molar-refractivity contribution is 0.0937. The standard InChI is InChI=1S/C20H25ClFN3O2/c1-20(2,3)19-25-17(11-27-19)10-23-15-4-5-16(9-15)24-18(26)12-6-13(21)8-14(22)7-12/h6-8,11,15-16,23H,4-5,9-10H2,1-3H3,(H,24,26)/t15-,16-/m1/s1. The van der Waals surface area contributed by atoms with Gasteiger partial charge in [0.25, 0.3) is 5.91 Å². The quantitative estimate of drug-likeness (QED) is 0.798. The molecule has 146 valence electrons.